The average Bonchev–Trinajstić information content (AvgIpc) is 2.68. The highest BCUT2D eigenvalue weighted by Gasteiger charge is 2.26. The molecular weight excluding hydrogens is 340 g/mol. The van der Waals surface area contributed by atoms with Gasteiger partial charge in [-0.25, -0.2) is 4.98 Å². The largest absolute Gasteiger partial charge is 0.353 e. The number of carbonyl (C=O) groups excluding carboxylic acids is 2. The van der Waals surface area contributed by atoms with Crippen LogP contribution in [0.25, 0.3) is 0 Å². The predicted octanol–water partition coefficient (Wildman–Crippen LogP) is 2.41. The summed E-state index contributed by atoms with van der Waals surface area (Å²) in [5.74, 6) is 2.51. The first kappa shape index (κ1) is 19.6. The van der Waals surface area contributed by atoms with Gasteiger partial charge in [0.2, 0.25) is 11.8 Å². The fourth-order valence-electron chi connectivity index (χ4n) is 4.30. The van der Waals surface area contributed by atoms with E-state index in [1.807, 2.05) is 28.0 Å². The molecule has 2 saturated heterocycles. The molecule has 3 rings (SSSR count). The Hall–Kier alpha value is -2.11. The summed E-state index contributed by atoms with van der Waals surface area (Å²) in [6.45, 7) is 9.23. The highest BCUT2D eigenvalue weighted by atomic mass is 16.2. The number of hydrogen-bond donors (Lipinski definition) is 0. The van der Waals surface area contributed by atoms with Gasteiger partial charge < -0.3 is 14.7 Å². The third-order valence-electron chi connectivity index (χ3n) is 5.61. The molecule has 27 heavy (non-hydrogen) atoms. The van der Waals surface area contributed by atoms with Gasteiger partial charge in [0.25, 0.3) is 0 Å². The molecule has 0 aliphatic carbocycles. The normalized spacial score (nSPS) is 23.4. The maximum absolute atomic E-state index is 12.5. The molecule has 0 aromatic carbocycles. The number of nitrogens with zero attached hydrogens (tertiary/aromatic N) is 4. The molecule has 2 aliphatic heterocycles. The number of amides is 2. The third-order valence-corrected chi connectivity index (χ3v) is 5.61. The Morgan fingerprint density at radius 3 is 2.19 bits per heavy atom. The lowest BCUT2D eigenvalue weighted by atomic mass is 9.91. The van der Waals surface area contributed by atoms with E-state index >= 15 is 0 Å². The van der Waals surface area contributed by atoms with Gasteiger partial charge in [-0.1, -0.05) is 19.9 Å². The zero-order valence-corrected chi connectivity index (χ0v) is 16.6. The number of hydrogen-bond acceptors (Lipinski definition) is 4. The molecule has 148 valence electrons. The molecule has 0 radical (unpaired) electrons. The summed E-state index contributed by atoms with van der Waals surface area (Å²) < 4.78 is 0. The summed E-state index contributed by atoms with van der Waals surface area (Å²) in [4.78, 5) is 35.4. The van der Waals surface area contributed by atoms with Crippen molar-refractivity contribution < 1.29 is 9.59 Å². The first-order valence-electron chi connectivity index (χ1n) is 10.2. The molecule has 1 aromatic heterocycles. The Morgan fingerprint density at radius 2 is 1.59 bits per heavy atom. The Kier molecular flexibility index (Phi) is 6.69. The van der Waals surface area contributed by atoms with E-state index in [0.29, 0.717) is 31.1 Å². The molecule has 0 saturated carbocycles. The van der Waals surface area contributed by atoms with Crippen molar-refractivity contribution in [3.05, 3.63) is 24.4 Å². The minimum atomic E-state index is 0.170. The van der Waals surface area contributed by atoms with Crippen LogP contribution in [-0.4, -0.2) is 65.9 Å². The Morgan fingerprint density at radius 1 is 0.963 bits per heavy atom. The second kappa shape index (κ2) is 9.20. The maximum Gasteiger partial charge on any atom is 0.222 e. The number of likely N-dealkylation sites (tertiary alicyclic amines) is 1. The van der Waals surface area contributed by atoms with Crippen LogP contribution in [0.4, 0.5) is 5.82 Å². The lowest BCUT2D eigenvalue weighted by Crippen LogP contribution is -2.49. The molecule has 0 N–H and O–H groups in total. The molecule has 2 aliphatic rings. The van der Waals surface area contributed by atoms with E-state index in [1.54, 1.807) is 6.20 Å². The third kappa shape index (κ3) is 5.44. The van der Waals surface area contributed by atoms with E-state index in [9.17, 15) is 9.59 Å². The maximum atomic E-state index is 12.5. The van der Waals surface area contributed by atoms with Crippen LogP contribution >= 0.6 is 0 Å². The van der Waals surface area contributed by atoms with Crippen molar-refractivity contribution in [1.29, 1.82) is 0 Å². The number of anilines is 1. The number of piperidine rings is 1. The van der Waals surface area contributed by atoms with Crippen LogP contribution in [-0.2, 0) is 9.59 Å². The minimum Gasteiger partial charge on any atom is -0.353 e. The number of aromatic nitrogens is 1. The fraction of sp³-hybridized carbons (Fsp3) is 0.667. The molecule has 6 heteroatoms. The van der Waals surface area contributed by atoms with E-state index in [1.165, 1.54) is 6.42 Å². The van der Waals surface area contributed by atoms with Gasteiger partial charge in [-0.15, -0.1) is 0 Å². The van der Waals surface area contributed by atoms with Crippen molar-refractivity contribution in [2.24, 2.45) is 11.8 Å². The van der Waals surface area contributed by atoms with Crippen LogP contribution in [0, 0.1) is 11.8 Å². The summed E-state index contributed by atoms with van der Waals surface area (Å²) in [7, 11) is 0. The van der Waals surface area contributed by atoms with Crippen LogP contribution in [0.1, 0.15) is 39.5 Å². The first-order valence-corrected chi connectivity index (χ1v) is 10.2. The van der Waals surface area contributed by atoms with E-state index in [-0.39, 0.29) is 11.8 Å². The molecule has 2 amide bonds. The van der Waals surface area contributed by atoms with E-state index in [0.717, 1.165) is 45.1 Å². The summed E-state index contributed by atoms with van der Waals surface area (Å²) in [5, 5.41) is 0. The highest BCUT2D eigenvalue weighted by molar-refractivity contribution is 5.79. The van der Waals surface area contributed by atoms with Crippen molar-refractivity contribution in [2.75, 3.05) is 44.2 Å². The molecule has 3 heterocycles. The molecule has 2 atom stereocenters. The zero-order valence-electron chi connectivity index (χ0n) is 16.6. The topological polar surface area (TPSA) is 56.8 Å². The van der Waals surface area contributed by atoms with Gasteiger partial charge in [0.1, 0.15) is 5.82 Å². The quantitative estimate of drug-likeness (QED) is 0.796. The monoisotopic (exact) mass is 372 g/mol. The number of rotatable bonds is 5. The predicted molar refractivity (Wildman–Crippen MR) is 106 cm³/mol. The van der Waals surface area contributed by atoms with Gasteiger partial charge in [-0.05, 0) is 36.8 Å². The summed E-state index contributed by atoms with van der Waals surface area (Å²) in [6.07, 6.45) is 4.60. The highest BCUT2D eigenvalue weighted by Crippen LogP contribution is 2.22. The minimum absolute atomic E-state index is 0.170. The van der Waals surface area contributed by atoms with E-state index in [2.05, 4.69) is 23.7 Å². The summed E-state index contributed by atoms with van der Waals surface area (Å²) in [6, 6.07) is 5.90. The lowest BCUT2D eigenvalue weighted by Gasteiger charge is -2.36. The molecule has 0 bridgehead atoms. The molecule has 0 spiro atoms. The van der Waals surface area contributed by atoms with Crippen molar-refractivity contribution in [3.8, 4) is 0 Å². The van der Waals surface area contributed by atoms with Gasteiger partial charge >= 0.3 is 0 Å². The van der Waals surface area contributed by atoms with Crippen molar-refractivity contribution in [3.63, 3.8) is 0 Å². The van der Waals surface area contributed by atoms with Crippen molar-refractivity contribution >= 4 is 17.6 Å². The number of carbonyl (C=O) groups is 2. The second-order valence-corrected chi connectivity index (χ2v) is 8.15. The van der Waals surface area contributed by atoms with Gasteiger partial charge in [-0.3, -0.25) is 9.59 Å². The molecular formula is C21H32N4O2. The Labute approximate surface area is 162 Å². The summed E-state index contributed by atoms with van der Waals surface area (Å²) in [5.41, 5.74) is 0. The average molecular weight is 373 g/mol. The Bertz CT molecular complexity index is 618. The Balaban J connectivity index is 1.37. The zero-order chi connectivity index (χ0) is 19.2. The van der Waals surface area contributed by atoms with Gasteiger partial charge in [0.15, 0.2) is 0 Å². The first-order chi connectivity index (χ1) is 13.0. The van der Waals surface area contributed by atoms with E-state index in [4.69, 9.17) is 0 Å². The van der Waals surface area contributed by atoms with Crippen LogP contribution in [0.5, 0.6) is 0 Å². The summed E-state index contributed by atoms with van der Waals surface area (Å²) >= 11 is 0. The number of pyridine rings is 1. The van der Waals surface area contributed by atoms with Crippen LogP contribution in [0.3, 0.4) is 0 Å². The lowest BCUT2D eigenvalue weighted by molar-refractivity contribution is -0.134. The fourth-order valence-corrected chi connectivity index (χ4v) is 4.30. The van der Waals surface area contributed by atoms with Gasteiger partial charge in [0, 0.05) is 58.3 Å². The SMILES string of the molecule is CC1CC(C)CN(C(=O)CCCC(=O)N2CCN(c3ccccn3)CC2)C1. The van der Waals surface area contributed by atoms with Crippen LogP contribution < -0.4 is 4.90 Å². The van der Waals surface area contributed by atoms with Crippen LogP contribution in [0.2, 0.25) is 0 Å². The molecule has 2 unspecified atom stereocenters. The van der Waals surface area contributed by atoms with Gasteiger partial charge in [-0.2, -0.15) is 0 Å². The smallest absolute Gasteiger partial charge is 0.222 e. The second-order valence-electron chi connectivity index (χ2n) is 8.15. The molecule has 2 fully saturated rings. The van der Waals surface area contributed by atoms with Crippen LogP contribution in [0.15, 0.2) is 24.4 Å². The van der Waals surface area contributed by atoms with Gasteiger partial charge in [0.05, 0.1) is 0 Å². The standard InChI is InChI=1S/C21H32N4O2/c1-17-14-18(2)16-25(15-17)21(27)8-5-7-20(26)24-12-10-23(11-13-24)19-6-3-4-9-22-19/h3-4,6,9,17-18H,5,7-8,10-16H2,1-2H3. The van der Waals surface area contributed by atoms with E-state index < -0.39 is 0 Å². The van der Waals surface area contributed by atoms with Crippen molar-refractivity contribution in [2.45, 2.75) is 39.5 Å². The van der Waals surface area contributed by atoms with Crippen molar-refractivity contribution in [1.82, 2.24) is 14.8 Å². The number of piperazine rings is 1. The molecule has 6 nitrogen and oxygen atoms in total. The molecule has 1 aromatic rings.